The average Bonchev–Trinajstić information content (AvgIpc) is 3.34. The van der Waals surface area contributed by atoms with E-state index in [4.69, 9.17) is 15.0 Å². The van der Waals surface area contributed by atoms with Crippen LogP contribution < -0.4 is 11.2 Å². The van der Waals surface area contributed by atoms with Crippen molar-refractivity contribution in [2.45, 2.75) is 51.7 Å². The normalized spacial score (nSPS) is 31.8. The molecule has 0 bridgehead atoms. The molecule has 0 saturated carbocycles. The fourth-order valence-corrected chi connectivity index (χ4v) is 2.96. The number of pyridine rings is 1. The maximum absolute atomic E-state index is 13.0. The highest BCUT2D eigenvalue weighted by Gasteiger charge is 2.62. The van der Waals surface area contributed by atoms with Crippen molar-refractivity contribution >= 4 is 12.6 Å². The maximum Gasteiger partial charge on any atom is 0.496 e. The molecule has 120 valence electrons. The molecule has 3 rings (SSSR count). The van der Waals surface area contributed by atoms with Crippen LogP contribution in [0.15, 0.2) is 12.1 Å². The molecule has 0 radical (unpaired) electrons. The molecule has 1 aromatic rings. The fourth-order valence-electron chi connectivity index (χ4n) is 2.96. The SMILES string of the molecule is CCc1cc(B2OC(C)(CC)C(N)(N3CC3)O2)cc(CF)n1. The van der Waals surface area contributed by atoms with E-state index in [1.54, 1.807) is 6.07 Å². The van der Waals surface area contributed by atoms with Gasteiger partial charge in [-0.1, -0.05) is 13.8 Å². The van der Waals surface area contributed by atoms with Gasteiger partial charge in [-0.25, -0.2) is 4.39 Å². The standard InChI is InChI=1S/C15H23BFN3O2/c1-4-12-8-11(9-13(10-17)19-12)16-21-14(3,5-2)15(18,22-16)20-6-7-20/h8-9H,4-7,10,18H2,1-3H3. The second-order valence-electron chi connectivity index (χ2n) is 6.21. The molecule has 2 unspecified atom stereocenters. The van der Waals surface area contributed by atoms with Gasteiger partial charge in [-0.2, -0.15) is 0 Å². The van der Waals surface area contributed by atoms with Gasteiger partial charge in [0.15, 0.2) is 5.85 Å². The second-order valence-corrected chi connectivity index (χ2v) is 6.21. The third-order valence-electron chi connectivity index (χ3n) is 4.73. The first-order chi connectivity index (χ1) is 10.5. The molecule has 0 aliphatic carbocycles. The smallest absolute Gasteiger partial charge is 0.396 e. The van der Waals surface area contributed by atoms with Gasteiger partial charge in [0.05, 0.1) is 5.69 Å². The molecular weight excluding hydrogens is 284 g/mol. The molecule has 0 spiro atoms. The van der Waals surface area contributed by atoms with Gasteiger partial charge >= 0.3 is 7.12 Å². The summed E-state index contributed by atoms with van der Waals surface area (Å²) in [4.78, 5) is 6.32. The number of alkyl halides is 1. The highest BCUT2D eigenvalue weighted by atomic mass is 19.1. The average molecular weight is 307 g/mol. The van der Waals surface area contributed by atoms with E-state index in [0.29, 0.717) is 5.69 Å². The van der Waals surface area contributed by atoms with Gasteiger partial charge in [-0.05, 0) is 37.4 Å². The number of aromatic nitrogens is 1. The van der Waals surface area contributed by atoms with Crippen molar-refractivity contribution < 1.29 is 13.7 Å². The maximum atomic E-state index is 13.0. The third kappa shape index (κ3) is 2.46. The van der Waals surface area contributed by atoms with E-state index >= 15 is 0 Å². The van der Waals surface area contributed by atoms with Gasteiger partial charge in [0.25, 0.3) is 0 Å². The van der Waals surface area contributed by atoms with Gasteiger partial charge in [-0.15, -0.1) is 0 Å². The summed E-state index contributed by atoms with van der Waals surface area (Å²) in [6.07, 6.45) is 1.47. The van der Waals surface area contributed by atoms with Crippen molar-refractivity contribution in [3.63, 3.8) is 0 Å². The van der Waals surface area contributed by atoms with Crippen molar-refractivity contribution in [1.82, 2.24) is 9.88 Å². The molecule has 2 aliphatic heterocycles. The monoisotopic (exact) mass is 307 g/mol. The fraction of sp³-hybridized carbons (Fsp3) is 0.667. The Kier molecular flexibility index (Phi) is 4.01. The highest BCUT2D eigenvalue weighted by Crippen LogP contribution is 2.41. The van der Waals surface area contributed by atoms with Crippen LogP contribution in [0.4, 0.5) is 4.39 Å². The number of rotatable bonds is 5. The van der Waals surface area contributed by atoms with Gasteiger partial charge in [-0.3, -0.25) is 15.6 Å². The van der Waals surface area contributed by atoms with E-state index in [9.17, 15) is 4.39 Å². The summed E-state index contributed by atoms with van der Waals surface area (Å²) >= 11 is 0. The zero-order valence-electron chi connectivity index (χ0n) is 13.4. The molecule has 22 heavy (non-hydrogen) atoms. The summed E-state index contributed by atoms with van der Waals surface area (Å²) in [6.45, 7) is 7.22. The molecule has 2 saturated heterocycles. The van der Waals surface area contributed by atoms with Crippen LogP contribution in [0.5, 0.6) is 0 Å². The lowest BCUT2D eigenvalue weighted by atomic mass is 9.78. The summed E-state index contributed by atoms with van der Waals surface area (Å²) in [5.74, 6) is -0.933. The molecule has 2 fully saturated rings. The topological polar surface area (TPSA) is 60.4 Å². The number of hydrogen-bond donors (Lipinski definition) is 1. The minimum Gasteiger partial charge on any atom is -0.396 e. The van der Waals surface area contributed by atoms with Crippen molar-refractivity contribution in [2.24, 2.45) is 5.73 Å². The lowest BCUT2D eigenvalue weighted by molar-refractivity contribution is -0.102. The van der Waals surface area contributed by atoms with Gasteiger partial charge in [0.1, 0.15) is 12.3 Å². The van der Waals surface area contributed by atoms with Crippen LogP contribution in [-0.2, 0) is 22.4 Å². The zero-order chi connectivity index (χ0) is 16.0. The summed E-state index contributed by atoms with van der Waals surface area (Å²) in [6, 6.07) is 3.61. The highest BCUT2D eigenvalue weighted by molar-refractivity contribution is 6.62. The van der Waals surface area contributed by atoms with Crippen LogP contribution in [0.3, 0.4) is 0 Å². The largest absolute Gasteiger partial charge is 0.496 e. The molecule has 3 heterocycles. The van der Waals surface area contributed by atoms with Crippen LogP contribution in [0.25, 0.3) is 0 Å². The van der Waals surface area contributed by atoms with Gasteiger partial charge in [0.2, 0.25) is 0 Å². The molecule has 7 heteroatoms. The van der Waals surface area contributed by atoms with E-state index < -0.39 is 25.2 Å². The van der Waals surface area contributed by atoms with Crippen molar-refractivity contribution in [3.05, 3.63) is 23.5 Å². The Balaban J connectivity index is 1.93. The lowest BCUT2D eigenvalue weighted by Gasteiger charge is -2.38. The van der Waals surface area contributed by atoms with Gasteiger partial charge in [0, 0.05) is 18.8 Å². The quantitative estimate of drug-likeness (QED) is 0.648. The Morgan fingerprint density at radius 2 is 2.00 bits per heavy atom. The predicted octanol–water partition coefficient (Wildman–Crippen LogP) is 0.952. The Morgan fingerprint density at radius 3 is 2.55 bits per heavy atom. The summed E-state index contributed by atoms with van der Waals surface area (Å²) in [5, 5.41) is 0. The first-order valence-corrected chi connectivity index (χ1v) is 7.91. The Labute approximate surface area is 131 Å². The number of nitrogens with two attached hydrogens (primary N) is 1. The second kappa shape index (κ2) is 5.56. The van der Waals surface area contributed by atoms with Gasteiger partial charge < -0.3 is 9.31 Å². The molecule has 2 atom stereocenters. The number of halogens is 1. The van der Waals surface area contributed by atoms with E-state index in [1.165, 1.54) is 0 Å². The number of nitrogens with zero attached hydrogens (tertiary/aromatic N) is 2. The molecule has 0 amide bonds. The third-order valence-corrected chi connectivity index (χ3v) is 4.73. The van der Waals surface area contributed by atoms with E-state index in [1.807, 2.05) is 26.8 Å². The number of aryl methyl sites for hydroxylation is 1. The number of hydrogen-bond acceptors (Lipinski definition) is 5. The van der Waals surface area contributed by atoms with Crippen LogP contribution in [0, 0.1) is 0 Å². The van der Waals surface area contributed by atoms with Crippen molar-refractivity contribution in [2.75, 3.05) is 13.1 Å². The summed E-state index contributed by atoms with van der Waals surface area (Å²) in [5.41, 5.74) is 7.93. The van der Waals surface area contributed by atoms with Crippen LogP contribution in [-0.4, -0.2) is 41.5 Å². The Hall–Kier alpha value is -1.02. The van der Waals surface area contributed by atoms with E-state index in [-0.39, 0.29) is 0 Å². The molecule has 1 aromatic heterocycles. The van der Waals surface area contributed by atoms with Crippen molar-refractivity contribution in [3.8, 4) is 0 Å². The predicted molar refractivity (Wildman–Crippen MR) is 83.2 cm³/mol. The Bertz CT molecular complexity index is 549. The first kappa shape index (κ1) is 15.9. The Morgan fingerprint density at radius 1 is 1.32 bits per heavy atom. The molecule has 5 nitrogen and oxygen atoms in total. The van der Waals surface area contributed by atoms with Crippen LogP contribution in [0.1, 0.15) is 38.6 Å². The first-order valence-electron chi connectivity index (χ1n) is 7.91. The summed E-state index contributed by atoms with van der Waals surface area (Å²) < 4.78 is 25.3. The van der Waals surface area contributed by atoms with Crippen molar-refractivity contribution in [1.29, 1.82) is 0 Å². The zero-order valence-corrected chi connectivity index (χ0v) is 13.4. The minimum absolute atomic E-state index is 0.404. The van der Waals surface area contributed by atoms with E-state index in [2.05, 4.69) is 9.88 Å². The molecule has 2 aliphatic rings. The summed E-state index contributed by atoms with van der Waals surface area (Å²) in [7, 11) is -0.589. The van der Waals surface area contributed by atoms with E-state index in [0.717, 1.165) is 37.1 Å². The van der Waals surface area contributed by atoms with Crippen LogP contribution >= 0.6 is 0 Å². The molecular formula is C15H23BFN3O2. The molecule has 2 N–H and O–H groups in total. The minimum atomic E-state index is -0.933. The van der Waals surface area contributed by atoms with Crippen LogP contribution in [0.2, 0.25) is 0 Å². The lowest BCUT2D eigenvalue weighted by Crippen LogP contribution is -2.62. The molecule has 0 aromatic carbocycles.